The minimum absolute atomic E-state index is 0.314. The Hall–Kier alpha value is -3.02. The Bertz CT molecular complexity index is 961. The fourth-order valence-corrected chi connectivity index (χ4v) is 3.44. The van der Waals surface area contributed by atoms with Gasteiger partial charge in [-0.1, -0.05) is 44.2 Å². The molecule has 3 aromatic rings. The van der Waals surface area contributed by atoms with Gasteiger partial charge >= 0.3 is 6.09 Å². The summed E-state index contributed by atoms with van der Waals surface area (Å²) in [6.07, 6.45) is 0.764. The molecule has 1 aromatic heterocycles. The van der Waals surface area contributed by atoms with Crippen molar-refractivity contribution in [2.45, 2.75) is 19.9 Å². The van der Waals surface area contributed by atoms with Crippen LogP contribution in [0.5, 0.6) is 5.75 Å². The van der Waals surface area contributed by atoms with Gasteiger partial charge in [-0.25, -0.2) is 4.79 Å². The summed E-state index contributed by atoms with van der Waals surface area (Å²) in [7, 11) is 0. The van der Waals surface area contributed by atoms with Crippen LogP contribution in [0.1, 0.15) is 25.5 Å². The molecule has 1 atom stereocenters. The average Bonchev–Trinajstić information content (AvgIpc) is 3.05. The number of hydrogen-bond donors (Lipinski definition) is 3. The first-order chi connectivity index (χ1) is 12.0. The smallest absolute Gasteiger partial charge is 0.405 e. The summed E-state index contributed by atoms with van der Waals surface area (Å²) in [5, 5.41) is 20.0. The molecule has 1 amide bonds. The van der Waals surface area contributed by atoms with E-state index in [-0.39, 0.29) is 11.5 Å². The van der Waals surface area contributed by atoms with Crippen molar-refractivity contribution in [2.24, 2.45) is 5.41 Å². The lowest BCUT2D eigenvalue weighted by Gasteiger charge is -2.39. The van der Waals surface area contributed by atoms with Crippen molar-refractivity contribution in [3.63, 3.8) is 0 Å². The molecule has 0 spiro atoms. The number of nitrogens with zero attached hydrogens (tertiary/aromatic N) is 1. The number of carboxylic acid groups (broad SMARTS) is 1. The van der Waals surface area contributed by atoms with Gasteiger partial charge in [0, 0.05) is 21.9 Å². The third-order valence-corrected chi connectivity index (χ3v) is 4.76. The Morgan fingerprint density at radius 2 is 2.20 bits per heavy atom. The Morgan fingerprint density at radius 1 is 1.36 bits per heavy atom. The van der Waals surface area contributed by atoms with Crippen molar-refractivity contribution < 1.29 is 14.6 Å². The van der Waals surface area contributed by atoms with E-state index in [0.717, 1.165) is 27.6 Å². The standard InChI is InChI=1S/C19H19N3O3/c1-19(2)10-25-15-8-11(6-7-14(15)17(19)21-18(23)24)13-5-3-4-12-9-20-22-16(12)13/h3-9,17,21H,10H2,1-2H3,(H,20,22)(H,23,24). The van der Waals surface area contributed by atoms with E-state index in [1.54, 1.807) is 6.20 Å². The molecule has 1 aliphatic rings. The van der Waals surface area contributed by atoms with Gasteiger partial charge in [-0.05, 0) is 11.6 Å². The van der Waals surface area contributed by atoms with Crippen molar-refractivity contribution in [1.29, 1.82) is 0 Å². The number of H-pyrrole nitrogens is 1. The zero-order valence-electron chi connectivity index (χ0n) is 14.0. The van der Waals surface area contributed by atoms with Crippen LogP contribution in [0.4, 0.5) is 4.79 Å². The number of aromatic nitrogens is 2. The van der Waals surface area contributed by atoms with Crippen LogP contribution in [-0.2, 0) is 0 Å². The summed E-state index contributed by atoms with van der Waals surface area (Å²) in [6, 6.07) is 11.6. The van der Waals surface area contributed by atoms with Gasteiger partial charge in [0.2, 0.25) is 0 Å². The second kappa shape index (κ2) is 5.51. The second-order valence-corrected chi connectivity index (χ2v) is 7.05. The SMILES string of the molecule is CC1(C)COc2cc(-c3cccc4cn[nH]c34)ccc2C1NC(=O)O. The third kappa shape index (κ3) is 2.59. The molecule has 0 aliphatic carbocycles. The van der Waals surface area contributed by atoms with Crippen LogP contribution in [0.25, 0.3) is 22.0 Å². The normalized spacial score (nSPS) is 18.4. The lowest BCUT2D eigenvalue weighted by Crippen LogP contribution is -2.43. The minimum atomic E-state index is -1.03. The van der Waals surface area contributed by atoms with E-state index in [9.17, 15) is 9.90 Å². The van der Waals surface area contributed by atoms with E-state index in [2.05, 4.69) is 15.5 Å². The molecule has 2 aromatic carbocycles. The first-order valence-corrected chi connectivity index (χ1v) is 8.14. The largest absolute Gasteiger partial charge is 0.493 e. The quantitative estimate of drug-likeness (QED) is 0.660. The molecule has 0 bridgehead atoms. The molecule has 25 heavy (non-hydrogen) atoms. The zero-order valence-corrected chi connectivity index (χ0v) is 14.0. The summed E-state index contributed by atoms with van der Waals surface area (Å²) in [6.45, 7) is 4.44. The van der Waals surface area contributed by atoms with Crippen molar-refractivity contribution in [1.82, 2.24) is 15.5 Å². The number of carbonyl (C=O) groups is 1. The number of aromatic amines is 1. The number of para-hydroxylation sites is 1. The summed E-state index contributed by atoms with van der Waals surface area (Å²) >= 11 is 0. The molecular weight excluding hydrogens is 318 g/mol. The van der Waals surface area contributed by atoms with Gasteiger partial charge in [-0.3, -0.25) is 5.10 Å². The number of rotatable bonds is 2. The zero-order chi connectivity index (χ0) is 17.6. The first kappa shape index (κ1) is 15.5. The summed E-state index contributed by atoms with van der Waals surface area (Å²) in [4.78, 5) is 11.2. The van der Waals surface area contributed by atoms with Gasteiger partial charge in [-0.2, -0.15) is 5.10 Å². The van der Waals surface area contributed by atoms with Crippen LogP contribution in [0.3, 0.4) is 0 Å². The number of fused-ring (bicyclic) bond motifs is 2. The summed E-state index contributed by atoms with van der Waals surface area (Å²) in [5.74, 6) is 0.715. The molecule has 0 saturated carbocycles. The highest BCUT2D eigenvalue weighted by Gasteiger charge is 2.38. The van der Waals surface area contributed by atoms with E-state index in [0.29, 0.717) is 12.4 Å². The average molecular weight is 337 g/mol. The Morgan fingerprint density at radius 3 is 3.00 bits per heavy atom. The van der Waals surface area contributed by atoms with Crippen molar-refractivity contribution in [3.05, 3.63) is 48.2 Å². The molecule has 1 aliphatic heterocycles. The van der Waals surface area contributed by atoms with E-state index in [1.165, 1.54) is 0 Å². The van der Waals surface area contributed by atoms with E-state index in [4.69, 9.17) is 4.74 Å². The lowest BCUT2D eigenvalue weighted by atomic mass is 9.78. The molecular formula is C19H19N3O3. The molecule has 4 rings (SSSR count). The molecule has 6 nitrogen and oxygen atoms in total. The van der Waals surface area contributed by atoms with Gasteiger partial charge < -0.3 is 15.2 Å². The maximum atomic E-state index is 11.2. The van der Waals surface area contributed by atoms with Gasteiger partial charge in [0.15, 0.2) is 0 Å². The maximum absolute atomic E-state index is 11.2. The monoisotopic (exact) mass is 337 g/mol. The highest BCUT2D eigenvalue weighted by molar-refractivity contribution is 5.93. The lowest BCUT2D eigenvalue weighted by molar-refractivity contribution is 0.0996. The fourth-order valence-electron chi connectivity index (χ4n) is 3.44. The molecule has 6 heteroatoms. The predicted octanol–water partition coefficient (Wildman–Crippen LogP) is 3.96. The summed E-state index contributed by atoms with van der Waals surface area (Å²) < 4.78 is 5.95. The number of nitrogens with one attached hydrogen (secondary N) is 2. The van der Waals surface area contributed by atoms with Crippen LogP contribution < -0.4 is 10.1 Å². The number of ether oxygens (including phenoxy) is 1. The van der Waals surface area contributed by atoms with Crippen LogP contribution in [0.2, 0.25) is 0 Å². The number of amides is 1. The predicted molar refractivity (Wildman–Crippen MR) is 94.7 cm³/mol. The Kier molecular flexibility index (Phi) is 3.42. The molecule has 128 valence electrons. The Labute approximate surface area is 144 Å². The second-order valence-electron chi connectivity index (χ2n) is 7.05. The molecule has 0 saturated heterocycles. The highest BCUT2D eigenvalue weighted by atomic mass is 16.5. The third-order valence-electron chi connectivity index (χ3n) is 4.76. The fraction of sp³-hybridized carbons (Fsp3) is 0.263. The minimum Gasteiger partial charge on any atom is -0.493 e. The van der Waals surface area contributed by atoms with Crippen LogP contribution >= 0.6 is 0 Å². The van der Waals surface area contributed by atoms with Crippen LogP contribution in [-0.4, -0.2) is 28.0 Å². The van der Waals surface area contributed by atoms with Crippen molar-refractivity contribution >= 4 is 17.0 Å². The van der Waals surface area contributed by atoms with E-state index >= 15 is 0 Å². The first-order valence-electron chi connectivity index (χ1n) is 8.14. The molecule has 0 radical (unpaired) electrons. The van der Waals surface area contributed by atoms with Crippen LogP contribution in [0, 0.1) is 5.41 Å². The van der Waals surface area contributed by atoms with Gasteiger partial charge in [0.05, 0.1) is 24.4 Å². The van der Waals surface area contributed by atoms with E-state index in [1.807, 2.05) is 50.2 Å². The van der Waals surface area contributed by atoms with Crippen molar-refractivity contribution in [3.8, 4) is 16.9 Å². The topological polar surface area (TPSA) is 87.2 Å². The van der Waals surface area contributed by atoms with Gasteiger partial charge in [0.25, 0.3) is 0 Å². The molecule has 0 fully saturated rings. The molecule has 1 unspecified atom stereocenters. The van der Waals surface area contributed by atoms with E-state index < -0.39 is 6.09 Å². The maximum Gasteiger partial charge on any atom is 0.405 e. The van der Waals surface area contributed by atoms with Gasteiger partial charge in [0.1, 0.15) is 5.75 Å². The Balaban J connectivity index is 1.80. The number of hydrogen-bond acceptors (Lipinski definition) is 3. The summed E-state index contributed by atoms with van der Waals surface area (Å²) in [5.41, 5.74) is 3.55. The molecule has 2 heterocycles. The van der Waals surface area contributed by atoms with Crippen molar-refractivity contribution in [2.75, 3.05) is 6.61 Å². The molecule has 3 N–H and O–H groups in total. The van der Waals surface area contributed by atoms with Gasteiger partial charge in [-0.15, -0.1) is 0 Å². The highest BCUT2D eigenvalue weighted by Crippen LogP contribution is 2.44. The number of benzene rings is 2. The van der Waals surface area contributed by atoms with Crippen LogP contribution in [0.15, 0.2) is 42.6 Å².